The Hall–Kier alpha value is -1.75. The number of hydrogen-bond donors (Lipinski definition) is 1. The first kappa shape index (κ1) is 14.7. The van der Waals surface area contributed by atoms with Crippen molar-refractivity contribution < 1.29 is 14.3 Å². The van der Waals surface area contributed by atoms with Crippen molar-refractivity contribution in [3.63, 3.8) is 0 Å². The summed E-state index contributed by atoms with van der Waals surface area (Å²) in [5.74, 6) is 0.788. The lowest BCUT2D eigenvalue weighted by Crippen LogP contribution is -2.31. The molecule has 1 aromatic rings. The Bertz CT molecular complexity index is 478. The minimum absolute atomic E-state index is 0.268. The standard InChI is InChI=1S/C15H22N2O3/c1-15(8-5-9-16)11-17(14(18)20-15)10-12-6-3-4-7-13(12)19-2/h3-4,6-7H,5,8-11,16H2,1-2H3. The molecule has 1 heterocycles. The minimum atomic E-state index is -0.432. The Morgan fingerprint density at radius 3 is 2.90 bits per heavy atom. The molecule has 0 saturated carbocycles. The van der Waals surface area contributed by atoms with Gasteiger partial charge in [-0.25, -0.2) is 4.79 Å². The van der Waals surface area contributed by atoms with E-state index in [1.165, 1.54) is 0 Å². The highest BCUT2D eigenvalue weighted by atomic mass is 16.6. The van der Waals surface area contributed by atoms with E-state index < -0.39 is 5.60 Å². The van der Waals surface area contributed by atoms with Gasteiger partial charge in [0.1, 0.15) is 11.4 Å². The van der Waals surface area contributed by atoms with Gasteiger partial charge in [-0.15, -0.1) is 0 Å². The van der Waals surface area contributed by atoms with E-state index in [4.69, 9.17) is 15.2 Å². The molecule has 0 bridgehead atoms. The van der Waals surface area contributed by atoms with Crippen LogP contribution < -0.4 is 10.5 Å². The molecule has 0 aromatic heterocycles. The number of para-hydroxylation sites is 1. The first-order chi connectivity index (χ1) is 9.58. The van der Waals surface area contributed by atoms with Crippen molar-refractivity contribution in [2.45, 2.75) is 31.9 Å². The number of carbonyl (C=O) groups excluding carboxylic acids is 1. The van der Waals surface area contributed by atoms with Crippen molar-refractivity contribution in [2.24, 2.45) is 5.73 Å². The number of cyclic esters (lactones) is 1. The van der Waals surface area contributed by atoms with Crippen LogP contribution in [0, 0.1) is 0 Å². The third kappa shape index (κ3) is 3.22. The van der Waals surface area contributed by atoms with Gasteiger partial charge in [-0.05, 0) is 32.4 Å². The van der Waals surface area contributed by atoms with E-state index in [1.54, 1.807) is 12.0 Å². The van der Waals surface area contributed by atoms with Gasteiger partial charge in [-0.1, -0.05) is 18.2 Å². The molecule has 1 atom stereocenters. The van der Waals surface area contributed by atoms with E-state index in [1.807, 2.05) is 31.2 Å². The number of amides is 1. The molecule has 5 heteroatoms. The Labute approximate surface area is 119 Å². The van der Waals surface area contributed by atoms with Crippen molar-refractivity contribution in [1.82, 2.24) is 4.90 Å². The molecule has 1 fully saturated rings. The predicted octanol–water partition coefficient (Wildman–Crippen LogP) is 2.15. The fourth-order valence-corrected chi connectivity index (χ4v) is 2.54. The summed E-state index contributed by atoms with van der Waals surface area (Å²) in [5.41, 5.74) is 6.08. The van der Waals surface area contributed by atoms with Gasteiger partial charge in [-0.2, -0.15) is 0 Å². The van der Waals surface area contributed by atoms with Crippen molar-refractivity contribution in [1.29, 1.82) is 0 Å². The predicted molar refractivity (Wildman–Crippen MR) is 76.6 cm³/mol. The summed E-state index contributed by atoms with van der Waals surface area (Å²) in [5, 5.41) is 0. The second-order valence-electron chi connectivity index (χ2n) is 5.38. The smallest absolute Gasteiger partial charge is 0.410 e. The van der Waals surface area contributed by atoms with Gasteiger partial charge >= 0.3 is 6.09 Å². The van der Waals surface area contributed by atoms with E-state index in [-0.39, 0.29) is 6.09 Å². The number of hydrogen-bond acceptors (Lipinski definition) is 4. The lowest BCUT2D eigenvalue weighted by molar-refractivity contribution is 0.0638. The maximum absolute atomic E-state index is 12.0. The number of carbonyl (C=O) groups is 1. The molecule has 1 saturated heterocycles. The first-order valence-electron chi connectivity index (χ1n) is 6.88. The third-order valence-corrected chi connectivity index (χ3v) is 3.58. The molecule has 110 valence electrons. The van der Waals surface area contributed by atoms with Crippen molar-refractivity contribution in [2.75, 3.05) is 20.2 Å². The summed E-state index contributed by atoms with van der Waals surface area (Å²) in [6.45, 7) is 3.66. The van der Waals surface area contributed by atoms with Crippen LogP contribution in [0.15, 0.2) is 24.3 Å². The van der Waals surface area contributed by atoms with Crippen LogP contribution in [-0.4, -0.2) is 36.8 Å². The highest BCUT2D eigenvalue weighted by Crippen LogP contribution is 2.29. The van der Waals surface area contributed by atoms with Crippen LogP contribution in [0.4, 0.5) is 4.79 Å². The van der Waals surface area contributed by atoms with Crippen LogP contribution in [0.2, 0.25) is 0 Å². The van der Waals surface area contributed by atoms with Gasteiger partial charge in [0.2, 0.25) is 0 Å². The van der Waals surface area contributed by atoms with Crippen LogP contribution in [0.5, 0.6) is 5.75 Å². The van der Waals surface area contributed by atoms with Gasteiger partial charge in [0.25, 0.3) is 0 Å². The Kier molecular flexibility index (Phi) is 4.49. The number of nitrogens with zero attached hydrogens (tertiary/aromatic N) is 1. The lowest BCUT2D eigenvalue weighted by atomic mass is 10.00. The normalized spacial score (nSPS) is 21.9. The highest BCUT2D eigenvalue weighted by molar-refractivity contribution is 5.70. The van der Waals surface area contributed by atoms with Crippen LogP contribution in [0.25, 0.3) is 0 Å². The average Bonchev–Trinajstić information content (AvgIpc) is 2.72. The third-order valence-electron chi connectivity index (χ3n) is 3.58. The molecule has 1 aliphatic heterocycles. The zero-order valence-corrected chi connectivity index (χ0v) is 12.1. The summed E-state index contributed by atoms with van der Waals surface area (Å²) in [6.07, 6.45) is 1.37. The fourth-order valence-electron chi connectivity index (χ4n) is 2.54. The molecule has 0 spiro atoms. The van der Waals surface area contributed by atoms with Crippen LogP contribution >= 0.6 is 0 Å². The molecule has 1 aliphatic rings. The van der Waals surface area contributed by atoms with Gasteiger partial charge in [0, 0.05) is 5.56 Å². The number of nitrogens with two attached hydrogens (primary N) is 1. The monoisotopic (exact) mass is 278 g/mol. The molecule has 0 aliphatic carbocycles. The number of methoxy groups -OCH3 is 1. The van der Waals surface area contributed by atoms with Gasteiger partial charge in [0.05, 0.1) is 20.2 Å². The topological polar surface area (TPSA) is 64.8 Å². The summed E-state index contributed by atoms with van der Waals surface area (Å²) < 4.78 is 10.8. The second-order valence-corrected chi connectivity index (χ2v) is 5.38. The maximum Gasteiger partial charge on any atom is 0.410 e. The molecule has 5 nitrogen and oxygen atoms in total. The molecule has 1 amide bonds. The summed E-state index contributed by atoms with van der Waals surface area (Å²) in [4.78, 5) is 13.7. The minimum Gasteiger partial charge on any atom is -0.496 e. The quantitative estimate of drug-likeness (QED) is 0.866. The maximum atomic E-state index is 12.0. The average molecular weight is 278 g/mol. The lowest BCUT2D eigenvalue weighted by Gasteiger charge is -2.21. The zero-order chi connectivity index (χ0) is 14.6. The fraction of sp³-hybridized carbons (Fsp3) is 0.533. The SMILES string of the molecule is COc1ccccc1CN1CC(C)(CCCN)OC1=O. The summed E-state index contributed by atoms with van der Waals surface area (Å²) in [6, 6.07) is 7.70. The van der Waals surface area contributed by atoms with E-state index >= 15 is 0 Å². The van der Waals surface area contributed by atoms with E-state index in [0.717, 1.165) is 24.2 Å². The second kappa shape index (κ2) is 6.13. The molecule has 2 N–H and O–H groups in total. The Morgan fingerprint density at radius 1 is 1.45 bits per heavy atom. The van der Waals surface area contributed by atoms with Gasteiger partial charge in [-0.3, -0.25) is 4.90 Å². The molecule has 20 heavy (non-hydrogen) atoms. The first-order valence-corrected chi connectivity index (χ1v) is 6.88. The Morgan fingerprint density at radius 2 is 2.20 bits per heavy atom. The molecular formula is C15H22N2O3. The summed E-state index contributed by atoms with van der Waals surface area (Å²) in [7, 11) is 1.63. The van der Waals surface area contributed by atoms with Crippen molar-refractivity contribution in [3.8, 4) is 5.75 Å². The van der Waals surface area contributed by atoms with Gasteiger partial charge in [0.15, 0.2) is 0 Å². The van der Waals surface area contributed by atoms with Gasteiger partial charge < -0.3 is 15.2 Å². The molecule has 1 unspecified atom stereocenters. The van der Waals surface area contributed by atoms with Crippen molar-refractivity contribution >= 4 is 6.09 Å². The van der Waals surface area contributed by atoms with E-state index in [2.05, 4.69) is 0 Å². The van der Waals surface area contributed by atoms with Crippen LogP contribution in [0.1, 0.15) is 25.3 Å². The van der Waals surface area contributed by atoms with Crippen LogP contribution in [-0.2, 0) is 11.3 Å². The molecule has 0 radical (unpaired) electrons. The Balaban J connectivity index is 2.05. The van der Waals surface area contributed by atoms with E-state index in [9.17, 15) is 4.79 Å². The highest BCUT2D eigenvalue weighted by Gasteiger charge is 2.40. The molecular weight excluding hydrogens is 256 g/mol. The number of benzene rings is 1. The molecule has 2 rings (SSSR count). The number of ether oxygens (including phenoxy) is 2. The van der Waals surface area contributed by atoms with E-state index in [0.29, 0.717) is 19.6 Å². The van der Waals surface area contributed by atoms with Crippen molar-refractivity contribution in [3.05, 3.63) is 29.8 Å². The largest absolute Gasteiger partial charge is 0.496 e. The zero-order valence-electron chi connectivity index (χ0n) is 12.1. The van der Waals surface area contributed by atoms with Crippen LogP contribution in [0.3, 0.4) is 0 Å². The number of rotatable bonds is 6. The molecule has 1 aromatic carbocycles. The summed E-state index contributed by atoms with van der Waals surface area (Å²) >= 11 is 0.